The normalized spacial score (nSPS) is 10.0. The number of benzene rings is 2. The number of hydrogen-bond donors (Lipinski definition) is 1. The number of anilines is 1. The maximum Gasteiger partial charge on any atom is 0.337 e. The molecule has 1 aromatic heterocycles. The van der Waals surface area contributed by atoms with Crippen molar-refractivity contribution < 1.29 is 9.53 Å². The van der Waals surface area contributed by atoms with E-state index in [-0.39, 0.29) is 5.56 Å². The van der Waals surface area contributed by atoms with E-state index in [1.807, 2.05) is 38.1 Å². The van der Waals surface area contributed by atoms with Crippen LogP contribution in [0, 0.1) is 0 Å². The van der Waals surface area contributed by atoms with Gasteiger partial charge in [-0.2, -0.15) is 0 Å². The van der Waals surface area contributed by atoms with Gasteiger partial charge in [0.05, 0.1) is 19.2 Å². The molecule has 2 aromatic carbocycles. The largest absolute Gasteiger partial charge is 0.465 e. The molecule has 25 heavy (non-hydrogen) atoms. The summed E-state index contributed by atoms with van der Waals surface area (Å²) in [4.78, 5) is 24.3. The monoisotopic (exact) mass is 338 g/mol. The summed E-state index contributed by atoms with van der Waals surface area (Å²) in [5, 5.41) is 1.27. The number of aromatic nitrogens is 1. The van der Waals surface area contributed by atoms with Crippen molar-refractivity contribution in [1.29, 1.82) is 0 Å². The summed E-state index contributed by atoms with van der Waals surface area (Å²) in [6.07, 6.45) is 1.74. The third-order valence-corrected chi connectivity index (χ3v) is 3.70. The Morgan fingerprint density at radius 2 is 1.88 bits per heavy atom. The zero-order chi connectivity index (χ0) is 18.4. The Kier molecular flexibility index (Phi) is 5.95. The lowest BCUT2D eigenvalue weighted by molar-refractivity contribution is 0.0601. The highest BCUT2D eigenvalue weighted by molar-refractivity contribution is 5.95. The van der Waals surface area contributed by atoms with Crippen LogP contribution < -0.4 is 11.3 Å². The smallest absolute Gasteiger partial charge is 0.337 e. The van der Waals surface area contributed by atoms with Crippen molar-refractivity contribution in [3.05, 3.63) is 76.2 Å². The lowest BCUT2D eigenvalue weighted by atomic mass is 10.1. The Labute approximate surface area is 146 Å². The second-order valence-electron chi connectivity index (χ2n) is 5.29. The molecule has 0 aliphatic carbocycles. The first-order valence-electron chi connectivity index (χ1n) is 8.14. The molecule has 0 aliphatic rings. The van der Waals surface area contributed by atoms with E-state index in [2.05, 4.69) is 0 Å². The predicted octanol–water partition coefficient (Wildman–Crippen LogP) is 3.44. The molecule has 3 aromatic rings. The van der Waals surface area contributed by atoms with Crippen LogP contribution in [-0.4, -0.2) is 17.6 Å². The van der Waals surface area contributed by atoms with E-state index in [1.165, 1.54) is 7.11 Å². The number of ether oxygens (including phenoxy) is 1. The fraction of sp³-hybridized carbons (Fsp3) is 0.200. The predicted molar refractivity (Wildman–Crippen MR) is 101 cm³/mol. The number of carbonyl (C=O) groups excluding carboxylic acids is 1. The molecule has 130 valence electrons. The van der Waals surface area contributed by atoms with Crippen LogP contribution in [0.5, 0.6) is 0 Å². The maximum absolute atomic E-state index is 12.7. The fourth-order valence-electron chi connectivity index (χ4n) is 2.54. The Morgan fingerprint density at radius 3 is 2.56 bits per heavy atom. The molecule has 5 heteroatoms. The number of carbonyl (C=O) groups is 1. The minimum absolute atomic E-state index is 0.157. The number of nitrogen functional groups attached to an aromatic ring is 1. The Bertz CT molecular complexity index is 945. The second kappa shape index (κ2) is 8.15. The summed E-state index contributed by atoms with van der Waals surface area (Å²) in [7, 11) is 1.32. The molecule has 0 unspecified atom stereocenters. The number of pyridine rings is 1. The van der Waals surface area contributed by atoms with Crippen molar-refractivity contribution in [2.45, 2.75) is 20.4 Å². The van der Waals surface area contributed by atoms with E-state index >= 15 is 0 Å². The summed E-state index contributed by atoms with van der Waals surface area (Å²) in [5.41, 5.74) is 7.57. The molecule has 2 N–H and O–H groups in total. The minimum atomic E-state index is -0.461. The van der Waals surface area contributed by atoms with Gasteiger partial charge in [0.15, 0.2) is 0 Å². The van der Waals surface area contributed by atoms with E-state index in [4.69, 9.17) is 10.5 Å². The first-order chi connectivity index (χ1) is 12.1. The van der Waals surface area contributed by atoms with Gasteiger partial charge in [0.2, 0.25) is 0 Å². The van der Waals surface area contributed by atoms with E-state index in [9.17, 15) is 9.59 Å². The Morgan fingerprint density at radius 1 is 1.12 bits per heavy atom. The summed E-state index contributed by atoms with van der Waals surface area (Å²) < 4.78 is 6.30. The molecule has 0 atom stereocenters. The minimum Gasteiger partial charge on any atom is -0.465 e. The summed E-state index contributed by atoms with van der Waals surface area (Å²) in [6.45, 7) is 4.42. The number of nitrogens with zero attached hydrogens (tertiary/aromatic N) is 1. The molecule has 3 rings (SSSR count). The zero-order valence-electron chi connectivity index (χ0n) is 14.7. The molecule has 0 spiro atoms. The zero-order valence-corrected chi connectivity index (χ0v) is 14.7. The van der Waals surface area contributed by atoms with Gasteiger partial charge in [0, 0.05) is 17.3 Å². The van der Waals surface area contributed by atoms with Gasteiger partial charge in [-0.25, -0.2) is 4.79 Å². The average molecular weight is 338 g/mol. The van der Waals surface area contributed by atoms with Gasteiger partial charge in [-0.15, -0.1) is 0 Å². The van der Waals surface area contributed by atoms with Crippen LogP contribution in [0.1, 0.15) is 29.8 Å². The molecule has 1 heterocycles. The van der Waals surface area contributed by atoms with Crippen LogP contribution in [0.4, 0.5) is 5.69 Å². The van der Waals surface area contributed by atoms with Crippen LogP contribution in [0.3, 0.4) is 0 Å². The maximum atomic E-state index is 12.7. The Balaban J connectivity index is 0.00000109. The molecular formula is C20H22N2O3. The van der Waals surface area contributed by atoms with Gasteiger partial charge < -0.3 is 15.0 Å². The first-order valence-corrected chi connectivity index (χ1v) is 8.14. The van der Waals surface area contributed by atoms with Crippen molar-refractivity contribution in [1.82, 2.24) is 4.57 Å². The van der Waals surface area contributed by atoms with Crippen LogP contribution in [0.15, 0.2) is 59.5 Å². The summed E-state index contributed by atoms with van der Waals surface area (Å²) >= 11 is 0. The van der Waals surface area contributed by atoms with E-state index < -0.39 is 5.97 Å². The molecule has 0 radical (unpaired) electrons. The number of rotatable bonds is 3. The van der Waals surface area contributed by atoms with Gasteiger partial charge in [-0.3, -0.25) is 4.79 Å². The lowest BCUT2D eigenvalue weighted by Gasteiger charge is -2.09. The first kappa shape index (κ1) is 18.3. The quantitative estimate of drug-likeness (QED) is 0.586. The van der Waals surface area contributed by atoms with Crippen molar-refractivity contribution in [3.8, 4) is 0 Å². The average Bonchev–Trinajstić information content (AvgIpc) is 2.65. The van der Waals surface area contributed by atoms with E-state index in [1.54, 1.807) is 35.0 Å². The molecule has 5 nitrogen and oxygen atoms in total. The highest BCUT2D eigenvalue weighted by Gasteiger charge is 2.09. The van der Waals surface area contributed by atoms with Gasteiger partial charge in [-0.05, 0) is 41.3 Å². The Hall–Kier alpha value is -3.08. The number of nitrogens with two attached hydrogens (primary N) is 1. The molecule has 0 fully saturated rings. The molecule has 0 amide bonds. The summed E-state index contributed by atoms with van der Waals surface area (Å²) in [6, 6.07) is 14.2. The lowest BCUT2D eigenvalue weighted by Crippen LogP contribution is -2.20. The highest BCUT2D eigenvalue weighted by atomic mass is 16.5. The fourth-order valence-corrected chi connectivity index (χ4v) is 2.54. The molecule has 0 saturated heterocycles. The number of esters is 1. The number of fused-ring (bicyclic) bond motifs is 1. The standard InChI is InChI=1S/C18H16N2O3.C2H6/c1-23-18(22)14-6-5-13-7-8-20(17(21)16(13)10-14)11-12-3-2-4-15(19)9-12;1-2/h2-10H,11,19H2,1H3;1-2H3. The summed E-state index contributed by atoms with van der Waals surface area (Å²) in [5.74, 6) is -0.461. The van der Waals surface area contributed by atoms with Gasteiger partial charge >= 0.3 is 5.97 Å². The van der Waals surface area contributed by atoms with Crippen LogP contribution in [-0.2, 0) is 11.3 Å². The molecule has 0 bridgehead atoms. The van der Waals surface area contributed by atoms with Gasteiger partial charge in [0.25, 0.3) is 5.56 Å². The van der Waals surface area contributed by atoms with Crippen LogP contribution in [0.2, 0.25) is 0 Å². The van der Waals surface area contributed by atoms with Crippen LogP contribution in [0.25, 0.3) is 10.8 Å². The number of hydrogen-bond acceptors (Lipinski definition) is 4. The molecular weight excluding hydrogens is 316 g/mol. The van der Waals surface area contributed by atoms with Crippen molar-refractivity contribution in [2.24, 2.45) is 0 Å². The third kappa shape index (κ3) is 4.07. The second-order valence-corrected chi connectivity index (χ2v) is 5.29. The van der Waals surface area contributed by atoms with Gasteiger partial charge in [-0.1, -0.05) is 32.0 Å². The van der Waals surface area contributed by atoms with Gasteiger partial charge in [0.1, 0.15) is 0 Å². The van der Waals surface area contributed by atoms with E-state index in [0.717, 1.165) is 10.9 Å². The highest BCUT2D eigenvalue weighted by Crippen LogP contribution is 2.14. The third-order valence-electron chi connectivity index (χ3n) is 3.70. The molecule has 0 aliphatic heterocycles. The SMILES string of the molecule is CC.COC(=O)c1ccc2ccn(Cc3cccc(N)c3)c(=O)c2c1. The number of methoxy groups -OCH3 is 1. The molecule has 0 saturated carbocycles. The topological polar surface area (TPSA) is 74.3 Å². The van der Waals surface area contributed by atoms with Crippen molar-refractivity contribution >= 4 is 22.4 Å². The van der Waals surface area contributed by atoms with Crippen LogP contribution >= 0.6 is 0 Å². The van der Waals surface area contributed by atoms with Crippen molar-refractivity contribution in [3.63, 3.8) is 0 Å². The van der Waals surface area contributed by atoms with E-state index in [0.29, 0.717) is 23.2 Å². The van der Waals surface area contributed by atoms with Crippen molar-refractivity contribution in [2.75, 3.05) is 12.8 Å².